The Balaban J connectivity index is 1.73. The summed E-state index contributed by atoms with van der Waals surface area (Å²) >= 11 is 0. The van der Waals surface area contributed by atoms with Crippen LogP contribution in [-0.4, -0.2) is 35.6 Å². The molecule has 0 aliphatic carbocycles. The van der Waals surface area contributed by atoms with Crippen LogP contribution in [0.15, 0.2) is 30.6 Å². The lowest BCUT2D eigenvalue weighted by Crippen LogP contribution is -2.33. The standard InChI is InChI=1S/C17H21N3O/c1-19(13-15-6-3-5-9-21-15)11-14-12-20-8-4-2-7-17(20)16(14)10-18/h2,4,7-8,12,15H,3,5-6,9,11,13H2,1H3/t15-/m1/s1. The molecule has 0 unspecified atom stereocenters. The summed E-state index contributed by atoms with van der Waals surface area (Å²) in [4.78, 5) is 2.26. The van der Waals surface area contributed by atoms with Gasteiger partial charge < -0.3 is 9.14 Å². The lowest BCUT2D eigenvalue weighted by Gasteiger charge is -2.27. The number of aromatic nitrogens is 1. The van der Waals surface area contributed by atoms with E-state index in [1.54, 1.807) is 0 Å². The first kappa shape index (κ1) is 14.1. The molecular weight excluding hydrogens is 262 g/mol. The van der Waals surface area contributed by atoms with E-state index in [0.717, 1.165) is 42.8 Å². The van der Waals surface area contributed by atoms with E-state index in [2.05, 4.69) is 24.2 Å². The van der Waals surface area contributed by atoms with E-state index >= 15 is 0 Å². The van der Waals surface area contributed by atoms with Crippen molar-refractivity contribution in [1.82, 2.24) is 9.30 Å². The monoisotopic (exact) mass is 283 g/mol. The van der Waals surface area contributed by atoms with E-state index in [4.69, 9.17) is 4.74 Å². The maximum absolute atomic E-state index is 9.43. The van der Waals surface area contributed by atoms with Gasteiger partial charge >= 0.3 is 0 Å². The molecule has 1 fully saturated rings. The van der Waals surface area contributed by atoms with Crippen molar-refractivity contribution in [3.05, 3.63) is 41.7 Å². The van der Waals surface area contributed by atoms with Gasteiger partial charge in [-0.2, -0.15) is 5.26 Å². The zero-order valence-corrected chi connectivity index (χ0v) is 12.5. The van der Waals surface area contributed by atoms with Gasteiger partial charge in [-0.05, 0) is 38.4 Å². The normalized spacial score (nSPS) is 19.0. The molecule has 3 heterocycles. The molecule has 3 rings (SSSR count). The molecule has 21 heavy (non-hydrogen) atoms. The van der Waals surface area contributed by atoms with Crippen molar-refractivity contribution in [2.45, 2.75) is 31.9 Å². The van der Waals surface area contributed by atoms with Crippen LogP contribution >= 0.6 is 0 Å². The highest BCUT2D eigenvalue weighted by atomic mass is 16.5. The van der Waals surface area contributed by atoms with Crippen LogP contribution in [0.5, 0.6) is 0 Å². The van der Waals surface area contributed by atoms with Crippen molar-refractivity contribution in [2.75, 3.05) is 20.2 Å². The number of hydrogen-bond donors (Lipinski definition) is 0. The number of rotatable bonds is 4. The molecule has 2 aromatic heterocycles. The summed E-state index contributed by atoms with van der Waals surface area (Å²) in [7, 11) is 2.10. The maximum atomic E-state index is 9.43. The molecule has 1 aliphatic rings. The summed E-state index contributed by atoms with van der Waals surface area (Å²) in [6.07, 6.45) is 7.98. The highest BCUT2D eigenvalue weighted by Gasteiger charge is 2.17. The summed E-state index contributed by atoms with van der Waals surface area (Å²) in [5.41, 5.74) is 2.85. The number of pyridine rings is 1. The largest absolute Gasteiger partial charge is 0.377 e. The number of fused-ring (bicyclic) bond motifs is 1. The second kappa shape index (κ2) is 6.30. The molecule has 0 bridgehead atoms. The maximum Gasteiger partial charge on any atom is 0.102 e. The Bertz CT molecular complexity index is 650. The van der Waals surface area contributed by atoms with Gasteiger partial charge in [0.2, 0.25) is 0 Å². The Labute approximate surface area is 125 Å². The highest BCUT2D eigenvalue weighted by molar-refractivity contribution is 5.65. The van der Waals surface area contributed by atoms with E-state index in [1.807, 2.05) is 28.8 Å². The van der Waals surface area contributed by atoms with Gasteiger partial charge in [-0.25, -0.2) is 0 Å². The quantitative estimate of drug-likeness (QED) is 0.866. The Hall–Kier alpha value is -1.83. The smallest absolute Gasteiger partial charge is 0.102 e. The first-order chi connectivity index (χ1) is 10.3. The van der Waals surface area contributed by atoms with Crippen molar-refractivity contribution in [3.8, 4) is 6.07 Å². The minimum atomic E-state index is 0.339. The Morgan fingerprint density at radius 2 is 2.33 bits per heavy atom. The number of hydrogen-bond acceptors (Lipinski definition) is 3. The molecule has 0 aromatic carbocycles. The first-order valence-electron chi connectivity index (χ1n) is 7.57. The highest BCUT2D eigenvalue weighted by Crippen LogP contribution is 2.20. The second-order valence-corrected chi connectivity index (χ2v) is 5.82. The molecule has 1 atom stereocenters. The van der Waals surface area contributed by atoms with E-state index in [1.165, 1.54) is 12.8 Å². The van der Waals surface area contributed by atoms with Crippen LogP contribution in [0.25, 0.3) is 5.52 Å². The van der Waals surface area contributed by atoms with Crippen molar-refractivity contribution in [2.24, 2.45) is 0 Å². The molecule has 1 saturated heterocycles. The fraction of sp³-hybridized carbons (Fsp3) is 0.471. The van der Waals surface area contributed by atoms with E-state index in [-0.39, 0.29) is 0 Å². The van der Waals surface area contributed by atoms with Crippen molar-refractivity contribution >= 4 is 5.52 Å². The molecule has 2 aromatic rings. The van der Waals surface area contributed by atoms with Gasteiger partial charge in [-0.1, -0.05) is 6.07 Å². The van der Waals surface area contributed by atoms with E-state index < -0.39 is 0 Å². The lowest BCUT2D eigenvalue weighted by atomic mass is 10.1. The van der Waals surface area contributed by atoms with Crippen molar-refractivity contribution in [1.29, 1.82) is 5.26 Å². The van der Waals surface area contributed by atoms with Crippen molar-refractivity contribution < 1.29 is 4.74 Å². The summed E-state index contributed by atoms with van der Waals surface area (Å²) in [6, 6.07) is 8.30. The number of nitrogens with zero attached hydrogens (tertiary/aromatic N) is 3. The van der Waals surface area contributed by atoms with Gasteiger partial charge in [0.1, 0.15) is 6.07 Å². The number of likely N-dealkylation sites (N-methyl/N-ethyl adjacent to an activating group) is 1. The molecule has 0 spiro atoms. The van der Waals surface area contributed by atoms with Gasteiger partial charge in [0, 0.05) is 37.7 Å². The molecule has 0 amide bonds. The van der Waals surface area contributed by atoms with Crippen LogP contribution < -0.4 is 0 Å². The zero-order valence-electron chi connectivity index (χ0n) is 12.5. The van der Waals surface area contributed by atoms with E-state index in [9.17, 15) is 5.26 Å². The molecule has 0 N–H and O–H groups in total. The first-order valence-corrected chi connectivity index (χ1v) is 7.57. The molecular formula is C17H21N3O. The SMILES string of the molecule is CN(Cc1cn2ccccc2c1C#N)C[C@H]1CCCCO1. The third kappa shape index (κ3) is 3.10. The third-order valence-corrected chi connectivity index (χ3v) is 4.10. The second-order valence-electron chi connectivity index (χ2n) is 5.82. The summed E-state index contributed by atoms with van der Waals surface area (Å²) in [6.45, 7) is 2.60. The third-order valence-electron chi connectivity index (χ3n) is 4.10. The predicted molar refractivity (Wildman–Crippen MR) is 82.0 cm³/mol. The Morgan fingerprint density at radius 1 is 1.43 bits per heavy atom. The van der Waals surface area contributed by atoms with Gasteiger partial charge in [-0.15, -0.1) is 0 Å². The minimum Gasteiger partial charge on any atom is -0.377 e. The molecule has 110 valence electrons. The van der Waals surface area contributed by atoms with Crippen LogP contribution in [0, 0.1) is 11.3 Å². The number of nitriles is 1. The topological polar surface area (TPSA) is 40.7 Å². The van der Waals surface area contributed by atoms with Gasteiger partial charge in [0.05, 0.1) is 17.2 Å². The van der Waals surface area contributed by atoms with Crippen LogP contribution in [-0.2, 0) is 11.3 Å². The average molecular weight is 283 g/mol. The lowest BCUT2D eigenvalue weighted by molar-refractivity contribution is -0.00259. The van der Waals surface area contributed by atoms with Crippen LogP contribution in [0.3, 0.4) is 0 Å². The van der Waals surface area contributed by atoms with Crippen LogP contribution in [0.4, 0.5) is 0 Å². The minimum absolute atomic E-state index is 0.339. The van der Waals surface area contributed by atoms with Crippen molar-refractivity contribution in [3.63, 3.8) is 0 Å². The average Bonchev–Trinajstić information content (AvgIpc) is 2.85. The zero-order chi connectivity index (χ0) is 14.7. The predicted octanol–water partition coefficient (Wildman–Crippen LogP) is 2.81. The molecule has 1 aliphatic heterocycles. The molecule has 4 nitrogen and oxygen atoms in total. The number of ether oxygens (including phenoxy) is 1. The van der Waals surface area contributed by atoms with E-state index in [0.29, 0.717) is 6.10 Å². The summed E-state index contributed by atoms with van der Waals surface area (Å²) in [5, 5.41) is 9.43. The summed E-state index contributed by atoms with van der Waals surface area (Å²) < 4.78 is 7.82. The van der Waals surface area contributed by atoms with Gasteiger partial charge in [0.15, 0.2) is 0 Å². The fourth-order valence-corrected chi connectivity index (χ4v) is 3.08. The molecule has 0 saturated carbocycles. The van der Waals surface area contributed by atoms with Crippen LogP contribution in [0.1, 0.15) is 30.4 Å². The van der Waals surface area contributed by atoms with Gasteiger partial charge in [0.25, 0.3) is 0 Å². The van der Waals surface area contributed by atoms with Crippen LogP contribution in [0.2, 0.25) is 0 Å². The Kier molecular flexibility index (Phi) is 4.23. The Morgan fingerprint density at radius 3 is 3.10 bits per heavy atom. The summed E-state index contributed by atoms with van der Waals surface area (Å²) in [5.74, 6) is 0. The fourth-order valence-electron chi connectivity index (χ4n) is 3.08. The van der Waals surface area contributed by atoms with Gasteiger partial charge in [-0.3, -0.25) is 4.90 Å². The molecule has 0 radical (unpaired) electrons. The molecule has 4 heteroatoms.